The van der Waals surface area contributed by atoms with Crippen molar-refractivity contribution in [2.24, 2.45) is 0 Å². The lowest BCUT2D eigenvalue weighted by molar-refractivity contribution is -0.137. The molecule has 0 spiro atoms. The fourth-order valence-corrected chi connectivity index (χ4v) is 2.29. The quantitative estimate of drug-likeness (QED) is 0.666. The highest BCUT2D eigenvalue weighted by molar-refractivity contribution is 6.00. The fraction of sp³-hybridized carbons (Fsp3) is 0.133. The molecule has 6 nitrogen and oxygen atoms in total. The predicted octanol–water partition coefficient (Wildman–Crippen LogP) is 3.10. The Hall–Kier alpha value is -2.57. The standard InChI is InChI=1S/C15H12O6/c16-13-8-14(9-1-3-10(20-17)4-2-9)19-15-7-11(21-18)5-6-12(13)15/h1-7,14,17-18H,8H2. The molecule has 0 saturated heterocycles. The van der Waals surface area contributed by atoms with E-state index in [0.717, 1.165) is 5.56 Å². The van der Waals surface area contributed by atoms with Gasteiger partial charge in [-0.3, -0.25) is 4.79 Å². The molecule has 0 fully saturated rings. The number of carbonyl (C=O) groups excluding carboxylic acids is 1. The van der Waals surface area contributed by atoms with E-state index in [1.165, 1.54) is 12.1 Å². The van der Waals surface area contributed by atoms with Crippen molar-refractivity contribution in [3.8, 4) is 17.2 Å². The summed E-state index contributed by atoms with van der Waals surface area (Å²) in [5.74, 6) is 0.821. The molecule has 1 heterocycles. The maximum absolute atomic E-state index is 12.1. The molecule has 1 aliphatic rings. The molecule has 0 saturated carbocycles. The average molecular weight is 288 g/mol. The normalized spacial score (nSPS) is 16.9. The van der Waals surface area contributed by atoms with Crippen molar-refractivity contribution in [1.82, 2.24) is 0 Å². The summed E-state index contributed by atoms with van der Waals surface area (Å²) in [7, 11) is 0. The minimum atomic E-state index is -0.438. The number of carbonyl (C=O) groups is 1. The molecular weight excluding hydrogens is 276 g/mol. The van der Waals surface area contributed by atoms with Crippen molar-refractivity contribution in [1.29, 1.82) is 0 Å². The van der Waals surface area contributed by atoms with Gasteiger partial charge in [-0.2, -0.15) is 0 Å². The molecular formula is C15H12O6. The number of rotatable bonds is 3. The molecule has 0 amide bonds. The molecule has 2 aromatic carbocycles. The molecule has 1 unspecified atom stereocenters. The van der Waals surface area contributed by atoms with Gasteiger partial charge in [-0.15, -0.1) is 0 Å². The second-order valence-corrected chi connectivity index (χ2v) is 4.64. The Morgan fingerprint density at radius 2 is 1.67 bits per heavy atom. The van der Waals surface area contributed by atoms with E-state index in [4.69, 9.17) is 15.3 Å². The lowest BCUT2D eigenvalue weighted by Crippen LogP contribution is -2.20. The second kappa shape index (κ2) is 5.43. The number of ketones is 1. The van der Waals surface area contributed by atoms with Crippen molar-refractivity contribution in [3.05, 3.63) is 53.6 Å². The van der Waals surface area contributed by atoms with Gasteiger partial charge in [0.25, 0.3) is 0 Å². The maximum atomic E-state index is 12.1. The SMILES string of the molecule is O=C1CC(c2ccc(OO)cc2)Oc2cc(OO)ccc21. The van der Waals surface area contributed by atoms with E-state index in [1.54, 1.807) is 30.3 Å². The highest BCUT2D eigenvalue weighted by Crippen LogP contribution is 2.37. The smallest absolute Gasteiger partial charge is 0.170 e. The lowest BCUT2D eigenvalue weighted by atomic mass is 9.96. The first-order valence-electron chi connectivity index (χ1n) is 6.28. The first-order valence-corrected chi connectivity index (χ1v) is 6.28. The predicted molar refractivity (Wildman–Crippen MR) is 71.7 cm³/mol. The van der Waals surface area contributed by atoms with Crippen LogP contribution in [0.2, 0.25) is 0 Å². The van der Waals surface area contributed by atoms with E-state index in [-0.39, 0.29) is 18.0 Å². The van der Waals surface area contributed by atoms with Gasteiger partial charge < -0.3 is 14.5 Å². The summed E-state index contributed by atoms with van der Waals surface area (Å²) in [5.41, 5.74) is 1.24. The molecule has 1 aliphatic heterocycles. The van der Waals surface area contributed by atoms with Crippen molar-refractivity contribution >= 4 is 5.78 Å². The number of Topliss-reactive ketones (excluding diaryl/α,β-unsaturated/α-hetero) is 1. The van der Waals surface area contributed by atoms with Gasteiger partial charge >= 0.3 is 0 Å². The Labute approximate surface area is 120 Å². The van der Waals surface area contributed by atoms with Gasteiger partial charge in [0.2, 0.25) is 0 Å². The summed E-state index contributed by atoms with van der Waals surface area (Å²) in [4.78, 5) is 20.4. The number of fused-ring (bicyclic) bond motifs is 1. The molecule has 2 N–H and O–H groups in total. The Morgan fingerprint density at radius 1 is 1.00 bits per heavy atom. The van der Waals surface area contributed by atoms with Gasteiger partial charge in [0, 0.05) is 6.07 Å². The van der Waals surface area contributed by atoms with Gasteiger partial charge in [-0.1, -0.05) is 12.1 Å². The molecule has 0 aliphatic carbocycles. The molecule has 0 aromatic heterocycles. The number of benzene rings is 2. The minimum Gasteiger partial charge on any atom is -0.484 e. The summed E-state index contributed by atoms with van der Waals surface area (Å²) >= 11 is 0. The van der Waals surface area contributed by atoms with Crippen molar-refractivity contribution in [3.63, 3.8) is 0 Å². The minimum absolute atomic E-state index is 0.0479. The number of hydrogen-bond acceptors (Lipinski definition) is 6. The third-order valence-electron chi connectivity index (χ3n) is 3.36. The number of ether oxygens (including phenoxy) is 1. The Balaban J connectivity index is 1.90. The topological polar surface area (TPSA) is 85.2 Å². The maximum Gasteiger partial charge on any atom is 0.170 e. The summed E-state index contributed by atoms with van der Waals surface area (Å²) in [6.07, 6.45) is -0.224. The van der Waals surface area contributed by atoms with Crippen molar-refractivity contribution in [2.45, 2.75) is 12.5 Å². The monoisotopic (exact) mass is 288 g/mol. The molecule has 1 atom stereocenters. The van der Waals surface area contributed by atoms with E-state index in [2.05, 4.69) is 9.78 Å². The van der Waals surface area contributed by atoms with Gasteiger partial charge in [0.15, 0.2) is 17.3 Å². The van der Waals surface area contributed by atoms with Crippen LogP contribution in [-0.2, 0) is 0 Å². The van der Waals surface area contributed by atoms with Crippen LogP contribution in [0.1, 0.15) is 28.4 Å². The summed E-state index contributed by atoms with van der Waals surface area (Å²) in [5, 5.41) is 17.2. The Bertz CT molecular complexity index is 664. The zero-order valence-corrected chi connectivity index (χ0v) is 10.9. The third-order valence-corrected chi connectivity index (χ3v) is 3.36. The zero-order valence-electron chi connectivity index (χ0n) is 10.9. The van der Waals surface area contributed by atoms with Crippen molar-refractivity contribution < 1.29 is 29.8 Å². The summed E-state index contributed by atoms with van der Waals surface area (Å²) < 4.78 is 5.79. The van der Waals surface area contributed by atoms with Crippen LogP contribution in [0.25, 0.3) is 0 Å². The van der Waals surface area contributed by atoms with Crippen LogP contribution in [0.4, 0.5) is 0 Å². The molecule has 3 rings (SSSR count). The average Bonchev–Trinajstić information content (AvgIpc) is 2.54. The van der Waals surface area contributed by atoms with E-state index in [9.17, 15) is 4.79 Å². The first kappa shape index (κ1) is 13.4. The van der Waals surface area contributed by atoms with Crippen LogP contribution in [0, 0.1) is 0 Å². The zero-order chi connectivity index (χ0) is 14.8. The third kappa shape index (κ3) is 2.54. The number of hydrogen-bond donors (Lipinski definition) is 2. The van der Waals surface area contributed by atoms with Crippen LogP contribution in [0.15, 0.2) is 42.5 Å². The first-order chi connectivity index (χ1) is 10.2. The Morgan fingerprint density at radius 3 is 2.33 bits per heavy atom. The van der Waals surface area contributed by atoms with Gasteiger partial charge in [0.05, 0.1) is 12.0 Å². The highest BCUT2D eigenvalue weighted by Gasteiger charge is 2.28. The van der Waals surface area contributed by atoms with Crippen LogP contribution < -0.4 is 14.5 Å². The Kier molecular flexibility index (Phi) is 3.47. The highest BCUT2D eigenvalue weighted by atomic mass is 17.1. The molecule has 2 aromatic rings. The van der Waals surface area contributed by atoms with E-state index < -0.39 is 6.10 Å². The van der Waals surface area contributed by atoms with Crippen molar-refractivity contribution in [2.75, 3.05) is 0 Å². The molecule has 0 bridgehead atoms. The van der Waals surface area contributed by atoms with E-state index in [1.807, 2.05) is 0 Å². The lowest BCUT2D eigenvalue weighted by Gasteiger charge is -2.25. The van der Waals surface area contributed by atoms with Gasteiger partial charge in [0.1, 0.15) is 11.9 Å². The van der Waals surface area contributed by atoms with Crippen LogP contribution in [-0.4, -0.2) is 16.3 Å². The van der Waals surface area contributed by atoms with Crippen LogP contribution in [0.3, 0.4) is 0 Å². The second-order valence-electron chi connectivity index (χ2n) is 4.64. The van der Waals surface area contributed by atoms with Crippen LogP contribution >= 0.6 is 0 Å². The fourth-order valence-electron chi connectivity index (χ4n) is 2.29. The molecule has 108 valence electrons. The summed E-state index contributed by atoms with van der Waals surface area (Å²) in [6, 6.07) is 11.1. The van der Waals surface area contributed by atoms with Gasteiger partial charge in [-0.25, -0.2) is 10.5 Å². The van der Waals surface area contributed by atoms with E-state index >= 15 is 0 Å². The van der Waals surface area contributed by atoms with Gasteiger partial charge in [-0.05, 0) is 29.8 Å². The summed E-state index contributed by atoms with van der Waals surface area (Å²) in [6.45, 7) is 0. The molecule has 6 heteroatoms. The molecule has 21 heavy (non-hydrogen) atoms. The largest absolute Gasteiger partial charge is 0.484 e. The van der Waals surface area contributed by atoms with Crippen LogP contribution in [0.5, 0.6) is 17.2 Å². The molecule has 0 radical (unpaired) electrons. The van der Waals surface area contributed by atoms with E-state index in [0.29, 0.717) is 17.1 Å².